The van der Waals surface area contributed by atoms with Crippen molar-refractivity contribution < 1.29 is 14.3 Å². The Labute approximate surface area is 172 Å². The minimum absolute atomic E-state index is 0.238. The van der Waals surface area contributed by atoms with Crippen molar-refractivity contribution in [1.82, 2.24) is 4.57 Å². The molecule has 0 atom stereocenters. The fourth-order valence-electron chi connectivity index (χ4n) is 3.51. The summed E-state index contributed by atoms with van der Waals surface area (Å²) in [6.45, 7) is 0.483. The van der Waals surface area contributed by atoms with Gasteiger partial charge in [-0.05, 0) is 47.5 Å². The number of hydrogen-bond donors (Lipinski definition) is 1. The number of aromatic carboxylic acids is 1. The van der Waals surface area contributed by atoms with E-state index in [1.165, 1.54) is 12.1 Å². The topological polar surface area (TPSA) is 66.0 Å². The lowest BCUT2D eigenvalue weighted by molar-refractivity contribution is 0.0696. The van der Waals surface area contributed by atoms with Gasteiger partial charge in [0.05, 0.1) is 17.2 Å². The van der Waals surface area contributed by atoms with E-state index >= 15 is 0 Å². The molecule has 0 aliphatic heterocycles. The molecule has 0 fully saturated rings. The van der Waals surface area contributed by atoms with Gasteiger partial charge in [-0.25, -0.2) is 9.18 Å². The molecule has 1 heterocycles. The Morgan fingerprint density at radius 3 is 2.57 bits per heavy atom. The SMILES string of the molecule is N#C/C(=C/c1cn(Cc2cccc(C(=O)O)c2)c2ccccc12)c1cccc(F)c1. The molecule has 4 rings (SSSR count). The van der Waals surface area contributed by atoms with Gasteiger partial charge in [-0.2, -0.15) is 5.26 Å². The maximum atomic E-state index is 13.6. The quantitative estimate of drug-likeness (QED) is 0.447. The van der Waals surface area contributed by atoms with Crippen molar-refractivity contribution in [2.75, 3.05) is 0 Å². The van der Waals surface area contributed by atoms with E-state index < -0.39 is 11.8 Å². The van der Waals surface area contributed by atoms with Crippen LogP contribution in [0.4, 0.5) is 4.39 Å². The summed E-state index contributed by atoms with van der Waals surface area (Å²) in [7, 11) is 0. The van der Waals surface area contributed by atoms with Crippen molar-refractivity contribution >= 4 is 28.5 Å². The van der Waals surface area contributed by atoms with Gasteiger partial charge in [0, 0.05) is 29.2 Å². The summed E-state index contributed by atoms with van der Waals surface area (Å²) in [4.78, 5) is 11.3. The van der Waals surface area contributed by atoms with Crippen LogP contribution in [0.5, 0.6) is 0 Å². The molecular formula is C25H17FN2O2. The van der Waals surface area contributed by atoms with E-state index in [0.717, 1.165) is 22.0 Å². The lowest BCUT2D eigenvalue weighted by Gasteiger charge is -2.06. The van der Waals surface area contributed by atoms with Crippen LogP contribution in [-0.2, 0) is 6.54 Å². The Morgan fingerprint density at radius 2 is 1.80 bits per heavy atom. The summed E-state index contributed by atoms with van der Waals surface area (Å²) in [6, 6.07) is 22.7. The number of para-hydroxylation sites is 1. The molecule has 0 saturated heterocycles. The molecule has 0 aliphatic rings. The fourth-order valence-corrected chi connectivity index (χ4v) is 3.51. The van der Waals surface area contributed by atoms with Crippen molar-refractivity contribution in [2.24, 2.45) is 0 Å². The summed E-state index contributed by atoms with van der Waals surface area (Å²) < 4.78 is 15.6. The minimum atomic E-state index is -0.966. The second-order valence-corrected chi connectivity index (χ2v) is 6.92. The van der Waals surface area contributed by atoms with Gasteiger partial charge in [-0.3, -0.25) is 0 Å². The number of nitrogens with zero attached hydrogens (tertiary/aromatic N) is 2. The second-order valence-electron chi connectivity index (χ2n) is 6.92. The van der Waals surface area contributed by atoms with Crippen molar-refractivity contribution in [3.05, 3.63) is 107 Å². The summed E-state index contributed by atoms with van der Waals surface area (Å²) in [5, 5.41) is 19.8. The first-order chi connectivity index (χ1) is 14.5. The highest BCUT2D eigenvalue weighted by atomic mass is 19.1. The molecule has 3 aromatic carbocycles. The number of allylic oxidation sites excluding steroid dienone is 1. The van der Waals surface area contributed by atoms with Crippen molar-refractivity contribution in [1.29, 1.82) is 5.26 Å². The largest absolute Gasteiger partial charge is 0.478 e. The fraction of sp³-hybridized carbons (Fsp3) is 0.0400. The number of benzene rings is 3. The molecule has 1 N–H and O–H groups in total. The van der Waals surface area contributed by atoms with Gasteiger partial charge in [-0.1, -0.05) is 42.5 Å². The van der Waals surface area contributed by atoms with E-state index in [0.29, 0.717) is 17.7 Å². The molecule has 1 aromatic heterocycles. The molecule has 0 saturated carbocycles. The van der Waals surface area contributed by atoms with Crippen LogP contribution in [0.1, 0.15) is 27.0 Å². The Hall–Kier alpha value is -4.17. The number of carbonyl (C=O) groups is 1. The molecule has 146 valence electrons. The molecule has 0 amide bonds. The zero-order chi connectivity index (χ0) is 21.1. The van der Waals surface area contributed by atoms with Crippen LogP contribution in [0, 0.1) is 17.1 Å². The maximum absolute atomic E-state index is 13.6. The molecule has 5 heteroatoms. The van der Waals surface area contributed by atoms with Crippen molar-refractivity contribution in [3.8, 4) is 6.07 Å². The molecule has 4 aromatic rings. The maximum Gasteiger partial charge on any atom is 0.335 e. The lowest BCUT2D eigenvalue weighted by atomic mass is 10.0. The van der Waals surface area contributed by atoms with Crippen molar-refractivity contribution in [2.45, 2.75) is 6.54 Å². The minimum Gasteiger partial charge on any atom is -0.478 e. The zero-order valence-electron chi connectivity index (χ0n) is 15.9. The van der Waals surface area contributed by atoms with E-state index in [-0.39, 0.29) is 5.56 Å². The van der Waals surface area contributed by atoms with Crippen LogP contribution < -0.4 is 0 Å². The highest BCUT2D eigenvalue weighted by molar-refractivity contribution is 5.98. The normalized spacial score (nSPS) is 11.4. The van der Waals surface area contributed by atoms with Crippen LogP contribution in [0.25, 0.3) is 22.6 Å². The van der Waals surface area contributed by atoms with E-state index in [9.17, 15) is 19.6 Å². The molecule has 0 unspecified atom stereocenters. The first-order valence-corrected chi connectivity index (χ1v) is 9.33. The zero-order valence-corrected chi connectivity index (χ0v) is 15.9. The standard InChI is InChI=1S/C25H17FN2O2/c26-22-8-4-6-18(13-22)20(14-27)12-21-16-28(24-10-2-1-9-23(21)24)15-17-5-3-7-19(11-17)25(29)30/h1-13,16H,15H2,(H,29,30)/b20-12-. The van der Waals surface area contributed by atoms with Crippen LogP contribution in [-0.4, -0.2) is 15.6 Å². The van der Waals surface area contributed by atoms with E-state index in [4.69, 9.17) is 0 Å². The summed E-state index contributed by atoms with van der Waals surface area (Å²) in [5.74, 6) is -1.36. The monoisotopic (exact) mass is 396 g/mol. The van der Waals surface area contributed by atoms with Gasteiger partial charge in [0.15, 0.2) is 0 Å². The first kappa shape index (κ1) is 19.2. The number of nitriles is 1. The Morgan fingerprint density at radius 1 is 1.03 bits per heavy atom. The Kier molecular flexibility index (Phi) is 5.15. The number of halogens is 1. The summed E-state index contributed by atoms with van der Waals surface area (Å²) in [6.07, 6.45) is 3.68. The third kappa shape index (κ3) is 3.85. The number of aromatic nitrogens is 1. The van der Waals surface area contributed by atoms with Gasteiger partial charge >= 0.3 is 5.97 Å². The number of carboxylic acid groups (broad SMARTS) is 1. The van der Waals surface area contributed by atoms with Crippen LogP contribution in [0.3, 0.4) is 0 Å². The molecule has 30 heavy (non-hydrogen) atoms. The van der Waals surface area contributed by atoms with E-state index in [2.05, 4.69) is 6.07 Å². The van der Waals surface area contributed by atoms with E-state index in [1.54, 1.807) is 36.4 Å². The van der Waals surface area contributed by atoms with Gasteiger partial charge in [-0.15, -0.1) is 0 Å². The second kappa shape index (κ2) is 8.06. The Bertz CT molecular complexity index is 1330. The van der Waals surface area contributed by atoms with Crippen LogP contribution in [0.2, 0.25) is 0 Å². The van der Waals surface area contributed by atoms with Gasteiger partial charge in [0.1, 0.15) is 5.82 Å². The third-order valence-corrected chi connectivity index (χ3v) is 4.90. The summed E-state index contributed by atoms with van der Waals surface area (Å²) in [5.41, 5.74) is 3.77. The Balaban J connectivity index is 1.79. The molecule has 0 radical (unpaired) electrons. The first-order valence-electron chi connectivity index (χ1n) is 9.33. The average Bonchev–Trinajstić information content (AvgIpc) is 3.09. The lowest BCUT2D eigenvalue weighted by Crippen LogP contribution is -2.01. The highest BCUT2D eigenvalue weighted by Gasteiger charge is 2.11. The number of fused-ring (bicyclic) bond motifs is 1. The predicted octanol–water partition coefficient (Wildman–Crippen LogP) is 5.59. The number of rotatable bonds is 5. The smallest absolute Gasteiger partial charge is 0.335 e. The third-order valence-electron chi connectivity index (χ3n) is 4.90. The van der Waals surface area contributed by atoms with Crippen LogP contribution >= 0.6 is 0 Å². The van der Waals surface area contributed by atoms with Crippen molar-refractivity contribution in [3.63, 3.8) is 0 Å². The number of carboxylic acids is 1. The predicted molar refractivity (Wildman–Crippen MR) is 114 cm³/mol. The van der Waals surface area contributed by atoms with Gasteiger partial charge in [0.25, 0.3) is 0 Å². The molecule has 0 aliphatic carbocycles. The number of hydrogen-bond acceptors (Lipinski definition) is 2. The average molecular weight is 396 g/mol. The molecule has 0 bridgehead atoms. The highest BCUT2D eigenvalue weighted by Crippen LogP contribution is 2.27. The van der Waals surface area contributed by atoms with Gasteiger partial charge < -0.3 is 9.67 Å². The summed E-state index contributed by atoms with van der Waals surface area (Å²) >= 11 is 0. The molecular weight excluding hydrogens is 379 g/mol. The van der Waals surface area contributed by atoms with Gasteiger partial charge in [0.2, 0.25) is 0 Å². The molecule has 4 nitrogen and oxygen atoms in total. The van der Waals surface area contributed by atoms with E-state index in [1.807, 2.05) is 41.1 Å². The van der Waals surface area contributed by atoms with Crippen LogP contribution in [0.15, 0.2) is 79.0 Å². The molecule has 0 spiro atoms.